The van der Waals surface area contributed by atoms with Gasteiger partial charge in [0.05, 0.1) is 5.54 Å². The van der Waals surface area contributed by atoms with E-state index in [4.69, 9.17) is 0 Å². The molecule has 2 unspecified atom stereocenters. The first-order chi connectivity index (χ1) is 30.2. The van der Waals surface area contributed by atoms with Crippen LogP contribution < -0.4 is 31.1 Å². The molecule has 1 fully saturated rings. The second-order valence-corrected chi connectivity index (χ2v) is 19.1. The van der Waals surface area contributed by atoms with E-state index in [1.54, 1.807) is 0 Å². The normalized spacial score (nSPS) is 19.3. The molecule has 8 aromatic rings. The molecule has 3 nitrogen and oxygen atoms in total. The van der Waals surface area contributed by atoms with Gasteiger partial charge in [-0.15, -0.1) is 0 Å². The van der Waals surface area contributed by atoms with E-state index in [9.17, 15) is 0 Å². The quantitative estimate of drug-likeness (QED) is 0.155. The van der Waals surface area contributed by atoms with Crippen LogP contribution in [0.25, 0.3) is 21.9 Å². The fourth-order valence-electron chi connectivity index (χ4n) is 12.1. The minimum absolute atomic E-state index is 0.00409. The predicted molar refractivity (Wildman–Crippen MR) is 265 cm³/mol. The molecule has 62 heavy (non-hydrogen) atoms. The molecule has 8 aromatic carbocycles. The van der Waals surface area contributed by atoms with E-state index >= 15 is 0 Å². The van der Waals surface area contributed by atoms with Gasteiger partial charge in [-0.25, -0.2) is 0 Å². The van der Waals surface area contributed by atoms with Crippen molar-refractivity contribution in [2.75, 3.05) is 14.7 Å². The molecule has 0 N–H and O–H groups in total. The highest BCUT2D eigenvalue weighted by atomic mass is 15.3. The smallest absolute Gasteiger partial charge is 0.252 e. The van der Waals surface area contributed by atoms with Gasteiger partial charge in [0.15, 0.2) is 0 Å². The molecule has 1 aliphatic carbocycles. The van der Waals surface area contributed by atoms with Crippen molar-refractivity contribution in [1.29, 1.82) is 0 Å². The van der Waals surface area contributed by atoms with Gasteiger partial charge in [-0.2, -0.15) is 0 Å². The number of rotatable bonds is 6. The van der Waals surface area contributed by atoms with Crippen molar-refractivity contribution < 1.29 is 0 Å². The van der Waals surface area contributed by atoms with E-state index in [1.165, 1.54) is 109 Å². The van der Waals surface area contributed by atoms with Crippen LogP contribution in [0.15, 0.2) is 170 Å². The molecule has 0 radical (unpaired) electrons. The monoisotopic (exact) mass is 801 g/mol. The summed E-state index contributed by atoms with van der Waals surface area (Å²) < 4.78 is 0. The molecule has 0 aromatic heterocycles. The second-order valence-electron chi connectivity index (χ2n) is 19.1. The minimum atomic E-state index is 0.00409. The summed E-state index contributed by atoms with van der Waals surface area (Å²) in [5.41, 5.74) is 20.9. The van der Waals surface area contributed by atoms with Crippen molar-refractivity contribution in [1.82, 2.24) is 0 Å². The van der Waals surface area contributed by atoms with Crippen LogP contribution in [0.3, 0.4) is 0 Å². The molecule has 0 spiro atoms. The Kier molecular flexibility index (Phi) is 8.26. The zero-order valence-corrected chi connectivity index (χ0v) is 36.5. The van der Waals surface area contributed by atoms with E-state index in [0.717, 1.165) is 17.1 Å². The third-order valence-corrected chi connectivity index (χ3v) is 15.4. The summed E-state index contributed by atoms with van der Waals surface area (Å²) >= 11 is 0. The van der Waals surface area contributed by atoms with Gasteiger partial charge in [-0.1, -0.05) is 143 Å². The van der Waals surface area contributed by atoms with Gasteiger partial charge in [-0.3, -0.25) is 0 Å². The van der Waals surface area contributed by atoms with Gasteiger partial charge in [-0.05, 0) is 148 Å². The second kappa shape index (κ2) is 13.7. The molecular weight excluding hydrogens is 749 g/mol. The number of aryl methyl sites for hydroxylation is 1. The van der Waals surface area contributed by atoms with Crippen LogP contribution >= 0.6 is 0 Å². The first-order valence-corrected chi connectivity index (χ1v) is 22.8. The number of hydrogen-bond donors (Lipinski definition) is 0. The summed E-state index contributed by atoms with van der Waals surface area (Å²) in [6.07, 6.45) is 4.98. The Morgan fingerprint density at radius 1 is 0.597 bits per heavy atom. The Balaban J connectivity index is 1.10. The van der Waals surface area contributed by atoms with Crippen LogP contribution in [0.5, 0.6) is 0 Å². The summed E-state index contributed by atoms with van der Waals surface area (Å²) in [5.74, 6) is 0.448. The van der Waals surface area contributed by atoms with Gasteiger partial charge in [0, 0.05) is 50.9 Å². The maximum Gasteiger partial charge on any atom is 0.252 e. The molecule has 302 valence electrons. The lowest BCUT2D eigenvalue weighted by atomic mass is 9.33. The lowest BCUT2D eigenvalue weighted by molar-refractivity contribution is 0.195. The van der Waals surface area contributed by atoms with Gasteiger partial charge in [0.2, 0.25) is 0 Å². The third-order valence-electron chi connectivity index (χ3n) is 15.4. The highest BCUT2D eigenvalue weighted by Crippen LogP contribution is 2.61. The summed E-state index contributed by atoms with van der Waals surface area (Å²) in [5, 5.41) is 2.52. The van der Waals surface area contributed by atoms with E-state index < -0.39 is 0 Å². The van der Waals surface area contributed by atoms with Crippen LogP contribution in [0.4, 0.5) is 45.5 Å². The number of fused-ring (bicyclic) bond motifs is 8. The molecule has 0 bridgehead atoms. The number of para-hydroxylation sites is 2. The first kappa shape index (κ1) is 37.3. The Morgan fingerprint density at radius 3 is 2.15 bits per heavy atom. The largest absolute Gasteiger partial charge is 0.335 e. The number of benzene rings is 8. The van der Waals surface area contributed by atoms with E-state index in [2.05, 4.69) is 219 Å². The summed E-state index contributed by atoms with van der Waals surface area (Å²) in [4.78, 5) is 7.86. The van der Waals surface area contributed by atoms with Crippen molar-refractivity contribution in [3.05, 3.63) is 187 Å². The van der Waals surface area contributed by atoms with Gasteiger partial charge in [0.25, 0.3) is 6.71 Å². The van der Waals surface area contributed by atoms with E-state index in [-0.39, 0.29) is 17.7 Å². The molecule has 4 heteroatoms. The molecule has 0 saturated heterocycles. The van der Waals surface area contributed by atoms with E-state index in [1.807, 2.05) is 0 Å². The fraction of sp³-hybridized carbons (Fsp3) is 0.207. The van der Waals surface area contributed by atoms with Crippen molar-refractivity contribution in [2.24, 2.45) is 0 Å². The van der Waals surface area contributed by atoms with Crippen LogP contribution in [-0.2, 0) is 5.41 Å². The molecular formula is C58H52BN3. The molecule has 12 rings (SSSR count). The van der Waals surface area contributed by atoms with Crippen LogP contribution in [-0.4, -0.2) is 12.3 Å². The highest BCUT2D eigenvalue weighted by molar-refractivity contribution is 7.00. The molecule has 3 aliphatic heterocycles. The Morgan fingerprint density at radius 2 is 1.31 bits per heavy atom. The number of nitrogens with zero attached hydrogens (tertiary/aromatic N) is 3. The predicted octanol–water partition coefficient (Wildman–Crippen LogP) is 13.8. The molecule has 4 aliphatic rings. The zero-order valence-electron chi connectivity index (χ0n) is 36.5. The van der Waals surface area contributed by atoms with Crippen molar-refractivity contribution in [2.45, 2.75) is 77.2 Å². The Hall–Kier alpha value is -6.52. The highest BCUT2D eigenvalue weighted by Gasteiger charge is 2.61. The molecule has 2 atom stereocenters. The maximum absolute atomic E-state index is 2.83. The van der Waals surface area contributed by atoms with Gasteiger partial charge >= 0.3 is 0 Å². The minimum Gasteiger partial charge on any atom is -0.335 e. The Bertz CT molecular complexity index is 3080. The van der Waals surface area contributed by atoms with Gasteiger partial charge < -0.3 is 14.7 Å². The summed E-state index contributed by atoms with van der Waals surface area (Å²) in [6, 6.07) is 64.4. The SMILES string of the molecule is Cc1cc2c3c(c1)N1c4c(cccc4C4(C)CCCCC14C)B3c1ccc(N(c3ccc(C(C)C)cc3)c3cccc(-c4cccc5ccccc45)c3)cc1N2c1ccccc1. The number of anilines is 8. The summed E-state index contributed by atoms with van der Waals surface area (Å²) in [6.45, 7) is 12.1. The number of hydrogen-bond acceptors (Lipinski definition) is 3. The van der Waals surface area contributed by atoms with Crippen LogP contribution in [0.2, 0.25) is 0 Å². The Labute approximate surface area is 367 Å². The molecule has 3 heterocycles. The topological polar surface area (TPSA) is 9.72 Å². The lowest BCUT2D eigenvalue weighted by Gasteiger charge is -2.52. The standard InChI is InChI=1S/C58H52BN3/c1-38(2)40-26-28-44(29-27-40)60(45-21-13-18-42(36-45)48-23-14-17-41-16-9-10-22-47(41)48)46-30-31-50-52(37-46)61(43-19-7-6-8-20-43)53-34-39(3)35-54-55(53)59(50)51-25-15-24-49-56(51)62(54)58(5)33-12-11-32-57(49,58)4/h6-10,13-31,34-38H,11-12,32-33H2,1-5H3. The molecule has 0 amide bonds. The third kappa shape index (κ3) is 5.25. The lowest BCUT2D eigenvalue weighted by Crippen LogP contribution is -2.64. The van der Waals surface area contributed by atoms with E-state index in [0.29, 0.717) is 5.92 Å². The van der Waals surface area contributed by atoms with Crippen molar-refractivity contribution in [3.63, 3.8) is 0 Å². The van der Waals surface area contributed by atoms with Crippen LogP contribution in [0.1, 0.15) is 76.0 Å². The first-order valence-electron chi connectivity index (χ1n) is 22.8. The molecule has 1 saturated carbocycles. The fourth-order valence-corrected chi connectivity index (χ4v) is 12.1. The van der Waals surface area contributed by atoms with Gasteiger partial charge in [0.1, 0.15) is 0 Å². The van der Waals surface area contributed by atoms with Crippen molar-refractivity contribution in [3.8, 4) is 11.1 Å². The van der Waals surface area contributed by atoms with Crippen LogP contribution in [0, 0.1) is 6.92 Å². The average molecular weight is 802 g/mol. The maximum atomic E-state index is 2.83. The zero-order chi connectivity index (χ0) is 41.9. The summed E-state index contributed by atoms with van der Waals surface area (Å²) in [7, 11) is 0. The average Bonchev–Trinajstić information content (AvgIpc) is 3.51. The van der Waals surface area contributed by atoms with Crippen molar-refractivity contribution >= 4 is 79.4 Å².